The number of carbonyl (C=O) groups excluding carboxylic acids is 1. The van der Waals surface area contributed by atoms with Crippen LogP contribution in [-0.2, 0) is 11.2 Å². The molecule has 0 radical (unpaired) electrons. The number of aromatic amines is 1. The minimum absolute atomic E-state index is 0.136. The van der Waals surface area contributed by atoms with Gasteiger partial charge in [0.1, 0.15) is 12.4 Å². The van der Waals surface area contributed by atoms with E-state index in [9.17, 15) is 4.79 Å². The van der Waals surface area contributed by atoms with Crippen LogP contribution in [0.25, 0.3) is 11.1 Å². The number of amides is 1. The van der Waals surface area contributed by atoms with Crippen LogP contribution in [0.5, 0.6) is 5.75 Å². The van der Waals surface area contributed by atoms with Crippen molar-refractivity contribution in [1.29, 1.82) is 0 Å². The van der Waals surface area contributed by atoms with Gasteiger partial charge in [-0.05, 0) is 55.3 Å². The maximum Gasteiger partial charge on any atom is 0.228 e. The van der Waals surface area contributed by atoms with Crippen LogP contribution in [0.3, 0.4) is 0 Å². The molecule has 1 fully saturated rings. The van der Waals surface area contributed by atoms with E-state index in [1.165, 1.54) is 12.8 Å². The highest BCUT2D eigenvalue weighted by Gasteiger charge is 2.14. The third kappa shape index (κ3) is 5.20. The third-order valence-electron chi connectivity index (χ3n) is 5.26. The number of ether oxygens (including phenoxy) is 1. The Morgan fingerprint density at radius 1 is 1.17 bits per heavy atom. The van der Waals surface area contributed by atoms with E-state index in [-0.39, 0.29) is 12.3 Å². The summed E-state index contributed by atoms with van der Waals surface area (Å²) in [4.78, 5) is 15.0. The predicted molar refractivity (Wildman–Crippen MR) is 119 cm³/mol. The van der Waals surface area contributed by atoms with Crippen LogP contribution in [0, 0.1) is 0 Å². The number of benzene rings is 2. The third-order valence-corrected chi connectivity index (χ3v) is 5.63. The lowest BCUT2D eigenvalue weighted by Crippen LogP contribution is -2.25. The fraction of sp³-hybridized carbons (Fsp3) is 0.304. The molecule has 0 saturated carbocycles. The van der Waals surface area contributed by atoms with Gasteiger partial charge in [-0.15, -0.1) is 0 Å². The van der Waals surface area contributed by atoms with Crippen molar-refractivity contribution < 1.29 is 9.53 Å². The molecule has 0 aliphatic carbocycles. The maximum atomic E-state index is 12.6. The number of hydrogen-bond donors (Lipinski definition) is 2. The van der Waals surface area contributed by atoms with E-state index in [0.717, 1.165) is 36.3 Å². The Morgan fingerprint density at radius 2 is 2.00 bits per heavy atom. The van der Waals surface area contributed by atoms with Gasteiger partial charge in [-0.2, -0.15) is 5.10 Å². The van der Waals surface area contributed by atoms with Gasteiger partial charge in [-0.25, -0.2) is 0 Å². The summed E-state index contributed by atoms with van der Waals surface area (Å²) in [5.41, 5.74) is 3.39. The first kappa shape index (κ1) is 20.4. The van der Waals surface area contributed by atoms with Crippen molar-refractivity contribution in [1.82, 2.24) is 15.1 Å². The smallest absolute Gasteiger partial charge is 0.228 e. The molecule has 0 unspecified atom stereocenters. The van der Waals surface area contributed by atoms with Crippen LogP contribution in [-0.4, -0.2) is 47.2 Å². The summed E-state index contributed by atoms with van der Waals surface area (Å²) in [6, 6.07) is 13.1. The molecule has 0 spiro atoms. The monoisotopic (exact) mass is 424 g/mol. The molecule has 4 rings (SSSR count). The number of likely N-dealkylation sites (tertiary alicyclic amines) is 1. The van der Waals surface area contributed by atoms with Gasteiger partial charge >= 0.3 is 0 Å². The lowest BCUT2D eigenvalue weighted by molar-refractivity contribution is -0.115. The molecular weight excluding hydrogens is 400 g/mol. The zero-order chi connectivity index (χ0) is 20.8. The van der Waals surface area contributed by atoms with Crippen LogP contribution in [0.1, 0.15) is 18.4 Å². The summed E-state index contributed by atoms with van der Waals surface area (Å²) < 4.78 is 6.10. The van der Waals surface area contributed by atoms with E-state index in [1.807, 2.05) is 42.6 Å². The van der Waals surface area contributed by atoms with E-state index >= 15 is 0 Å². The quantitative estimate of drug-likeness (QED) is 0.562. The Hall–Kier alpha value is -2.83. The zero-order valence-electron chi connectivity index (χ0n) is 16.7. The summed E-state index contributed by atoms with van der Waals surface area (Å²) in [6.07, 6.45) is 6.30. The van der Waals surface area contributed by atoms with Crippen molar-refractivity contribution in [2.75, 3.05) is 31.6 Å². The largest absolute Gasteiger partial charge is 0.490 e. The highest BCUT2D eigenvalue weighted by atomic mass is 35.5. The average Bonchev–Trinajstić information content (AvgIpc) is 3.45. The molecule has 7 heteroatoms. The molecule has 1 aliphatic rings. The van der Waals surface area contributed by atoms with Gasteiger partial charge in [0.2, 0.25) is 5.91 Å². The van der Waals surface area contributed by atoms with Crippen LogP contribution in [0.15, 0.2) is 54.9 Å². The molecule has 0 atom stereocenters. The SMILES string of the molecule is O=C(Cc1ccccc1Cl)Nc1ccc(-c2cn[nH]c2)cc1OCCN1CCCC1. The lowest BCUT2D eigenvalue weighted by Gasteiger charge is -2.17. The fourth-order valence-corrected chi connectivity index (χ4v) is 3.84. The normalized spacial score (nSPS) is 14.0. The van der Waals surface area contributed by atoms with Crippen molar-refractivity contribution >= 4 is 23.2 Å². The summed E-state index contributed by atoms with van der Waals surface area (Å²) in [7, 11) is 0. The Labute approximate surface area is 181 Å². The van der Waals surface area contributed by atoms with Crippen molar-refractivity contribution in [3.8, 4) is 16.9 Å². The van der Waals surface area contributed by atoms with Gasteiger partial charge in [0.25, 0.3) is 0 Å². The number of halogens is 1. The zero-order valence-corrected chi connectivity index (χ0v) is 17.5. The predicted octanol–water partition coefficient (Wildman–Crippen LogP) is 4.39. The highest BCUT2D eigenvalue weighted by Crippen LogP contribution is 2.31. The molecule has 0 bridgehead atoms. The standard InChI is InChI=1S/C23H25ClN4O2/c24-20-6-2-1-5-18(20)14-23(29)27-21-8-7-17(19-15-25-26-16-19)13-22(21)30-12-11-28-9-3-4-10-28/h1-2,5-8,13,15-16H,3-4,9-12,14H2,(H,25,26)(H,27,29). The number of rotatable bonds is 8. The molecule has 2 heterocycles. The Morgan fingerprint density at radius 3 is 2.77 bits per heavy atom. The minimum Gasteiger partial charge on any atom is -0.490 e. The molecule has 3 aromatic rings. The second-order valence-electron chi connectivity index (χ2n) is 7.41. The number of carbonyl (C=O) groups is 1. The fourth-order valence-electron chi connectivity index (χ4n) is 3.63. The van der Waals surface area contributed by atoms with Crippen molar-refractivity contribution in [3.05, 3.63) is 65.4 Å². The molecule has 2 N–H and O–H groups in total. The molecular formula is C23H25ClN4O2. The van der Waals surface area contributed by atoms with Crippen LogP contribution in [0.2, 0.25) is 5.02 Å². The molecule has 30 heavy (non-hydrogen) atoms. The molecule has 156 valence electrons. The van der Waals surface area contributed by atoms with Crippen molar-refractivity contribution in [2.24, 2.45) is 0 Å². The number of nitrogens with one attached hydrogen (secondary N) is 2. The Balaban J connectivity index is 1.48. The van der Waals surface area contributed by atoms with Crippen LogP contribution < -0.4 is 10.1 Å². The topological polar surface area (TPSA) is 70.2 Å². The number of aromatic nitrogens is 2. The maximum absolute atomic E-state index is 12.6. The van der Waals surface area contributed by atoms with Crippen molar-refractivity contribution in [2.45, 2.75) is 19.3 Å². The van der Waals surface area contributed by atoms with Gasteiger partial charge < -0.3 is 10.1 Å². The molecule has 2 aromatic carbocycles. The summed E-state index contributed by atoms with van der Waals surface area (Å²) in [6.45, 7) is 3.70. The van der Waals surface area contributed by atoms with Crippen molar-refractivity contribution in [3.63, 3.8) is 0 Å². The van der Waals surface area contributed by atoms with E-state index in [2.05, 4.69) is 20.4 Å². The van der Waals surface area contributed by atoms with Gasteiger partial charge in [-0.1, -0.05) is 35.9 Å². The second kappa shape index (κ2) is 9.78. The summed E-state index contributed by atoms with van der Waals surface area (Å²) in [5, 5.41) is 10.4. The van der Waals surface area contributed by atoms with Crippen LogP contribution in [0.4, 0.5) is 5.69 Å². The van der Waals surface area contributed by atoms with E-state index in [1.54, 1.807) is 12.3 Å². The highest BCUT2D eigenvalue weighted by molar-refractivity contribution is 6.31. The Bertz CT molecular complexity index is 985. The Kier molecular flexibility index (Phi) is 6.67. The van der Waals surface area contributed by atoms with Gasteiger partial charge in [0.15, 0.2) is 0 Å². The lowest BCUT2D eigenvalue weighted by atomic mass is 10.1. The van der Waals surface area contributed by atoms with Gasteiger partial charge in [0.05, 0.1) is 18.3 Å². The summed E-state index contributed by atoms with van der Waals surface area (Å²) in [5.74, 6) is 0.518. The van der Waals surface area contributed by atoms with Crippen LogP contribution >= 0.6 is 11.6 Å². The molecule has 1 aromatic heterocycles. The minimum atomic E-state index is -0.136. The second-order valence-corrected chi connectivity index (χ2v) is 7.82. The number of H-pyrrole nitrogens is 1. The van der Waals surface area contributed by atoms with E-state index in [4.69, 9.17) is 16.3 Å². The molecule has 6 nitrogen and oxygen atoms in total. The number of hydrogen-bond acceptors (Lipinski definition) is 4. The molecule has 1 amide bonds. The first-order chi connectivity index (χ1) is 14.7. The first-order valence-corrected chi connectivity index (χ1v) is 10.6. The number of anilines is 1. The summed E-state index contributed by atoms with van der Waals surface area (Å²) >= 11 is 6.19. The van der Waals surface area contributed by atoms with Gasteiger partial charge in [0, 0.05) is 23.3 Å². The van der Waals surface area contributed by atoms with E-state index < -0.39 is 0 Å². The number of nitrogens with zero attached hydrogens (tertiary/aromatic N) is 2. The van der Waals surface area contributed by atoms with E-state index in [0.29, 0.717) is 23.1 Å². The molecule has 1 saturated heterocycles. The van der Waals surface area contributed by atoms with Gasteiger partial charge in [-0.3, -0.25) is 14.8 Å². The average molecular weight is 425 g/mol. The molecule has 1 aliphatic heterocycles. The first-order valence-electron chi connectivity index (χ1n) is 10.2.